The maximum Gasteiger partial charge on any atom is 0.254 e. The van der Waals surface area contributed by atoms with Crippen molar-refractivity contribution in [2.24, 2.45) is 0 Å². The van der Waals surface area contributed by atoms with Crippen molar-refractivity contribution >= 4 is 0 Å². The Hall–Kier alpha value is -2.47. The molecule has 6 nitrogen and oxygen atoms in total. The fraction of sp³-hybridized carbons (Fsp3) is 0.389. The number of hydrogen-bond donors (Lipinski definition) is 1. The SMILES string of the molecule is CC(c1ccc(-c2nc(-n3ccnc3)n[nH]2)cc1)N1CCCCC1. The van der Waals surface area contributed by atoms with Crippen LogP contribution in [-0.2, 0) is 0 Å². The van der Waals surface area contributed by atoms with E-state index >= 15 is 0 Å². The third-order valence-corrected chi connectivity index (χ3v) is 4.81. The van der Waals surface area contributed by atoms with Crippen LogP contribution < -0.4 is 0 Å². The summed E-state index contributed by atoms with van der Waals surface area (Å²) in [6.45, 7) is 4.71. The van der Waals surface area contributed by atoms with Gasteiger partial charge < -0.3 is 0 Å². The molecule has 1 unspecified atom stereocenters. The third-order valence-electron chi connectivity index (χ3n) is 4.81. The van der Waals surface area contributed by atoms with Gasteiger partial charge in [-0.1, -0.05) is 30.7 Å². The number of nitrogens with one attached hydrogen (secondary N) is 1. The van der Waals surface area contributed by atoms with Crippen molar-refractivity contribution in [2.45, 2.75) is 32.2 Å². The van der Waals surface area contributed by atoms with E-state index in [1.54, 1.807) is 17.1 Å². The first-order chi connectivity index (χ1) is 11.8. The average Bonchev–Trinajstić information content (AvgIpc) is 3.33. The predicted octanol–water partition coefficient (Wildman–Crippen LogP) is 3.20. The molecule has 1 aliphatic heterocycles. The summed E-state index contributed by atoms with van der Waals surface area (Å²) < 4.78 is 1.78. The van der Waals surface area contributed by atoms with Crippen LogP contribution in [-0.4, -0.2) is 42.7 Å². The minimum absolute atomic E-state index is 0.468. The zero-order chi connectivity index (χ0) is 16.4. The fourth-order valence-corrected chi connectivity index (χ4v) is 3.31. The van der Waals surface area contributed by atoms with E-state index in [1.807, 2.05) is 6.20 Å². The molecule has 24 heavy (non-hydrogen) atoms. The van der Waals surface area contributed by atoms with Gasteiger partial charge in [0.15, 0.2) is 5.82 Å². The molecule has 0 spiro atoms. The smallest absolute Gasteiger partial charge is 0.254 e. The summed E-state index contributed by atoms with van der Waals surface area (Å²) in [5, 5.41) is 7.25. The third kappa shape index (κ3) is 2.97. The van der Waals surface area contributed by atoms with Gasteiger partial charge in [-0.2, -0.15) is 4.98 Å². The Kier molecular flexibility index (Phi) is 4.13. The Balaban J connectivity index is 1.51. The highest BCUT2D eigenvalue weighted by Crippen LogP contribution is 2.26. The molecule has 1 fully saturated rings. The van der Waals surface area contributed by atoms with Crippen LogP contribution >= 0.6 is 0 Å². The van der Waals surface area contributed by atoms with Crippen molar-refractivity contribution in [3.05, 3.63) is 48.5 Å². The number of rotatable bonds is 4. The van der Waals surface area contributed by atoms with Gasteiger partial charge in [0.1, 0.15) is 6.33 Å². The van der Waals surface area contributed by atoms with Crippen LogP contribution in [0.1, 0.15) is 37.8 Å². The lowest BCUT2D eigenvalue weighted by atomic mass is 10.0. The first-order valence-corrected chi connectivity index (χ1v) is 8.56. The van der Waals surface area contributed by atoms with Crippen molar-refractivity contribution in [1.29, 1.82) is 0 Å². The second-order valence-corrected chi connectivity index (χ2v) is 6.35. The van der Waals surface area contributed by atoms with Crippen LogP contribution in [0.5, 0.6) is 0 Å². The molecule has 124 valence electrons. The summed E-state index contributed by atoms with van der Waals surface area (Å²) in [5.74, 6) is 1.38. The van der Waals surface area contributed by atoms with Gasteiger partial charge in [-0.3, -0.25) is 14.6 Å². The van der Waals surface area contributed by atoms with Gasteiger partial charge in [-0.05, 0) is 38.4 Å². The Morgan fingerprint density at radius 2 is 1.88 bits per heavy atom. The summed E-state index contributed by atoms with van der Waals surface area (Å²) in [5.41, 5.74) is 2.40. The van der Waals surface area contributed by atoms with Crippen LogP contribution in [0.15, 0.2) is 43.0 Å². The number of aromatic nitrogens is 5. The Labute approximate surface area is 141 Å². The quantitative estimate of drug-likeness (QED) is 0.801. The first kappa shape index (κ1) is 15.1. The maximum atomic E-state index is 4.53. The molecule has 1 aromatic carbocycles. The van der Waals surface area contributed by atoms with Crippen LogP contribution in [0.2, 0.25) is 0 Å². The second-order valence-electron chi connectivity index (χ2n) is 6.35. The highest BCUT2D eigenvalue weighted by Gasteiger charge is 2.18. The summed E-state index contributed by atoms with van der Waals surface area (Å²) in [7, 11) is 0. The Bertz CT molecular complexity index is 768. The zero-order valence-electron chi connectivity index (χ0n) is 13.9. The van der Waals surface area contributed by atoms with E-state index in [0.717, 1.165) is 11.4 Å². The number of nitrogens with zero attached hydrogens (tertiary/aromatic N) is 5. The van der Waals surface area contributed by atoms with Crippen LogP contribution in [0.4, 0.5) is 0 Å². The molecule has 3 heterocycles. The average molecular weight is 322 g/mol. The summed E-state index contributed by atoms with van der Waals surface area (Å²) >= 11 is 0. The molecule has 3 aromatic rings. The van der Waals surface area contributed by atoms with Gasteiger partial charge in [0, 0.05) is 24.0 Å². The lowest BCUT2D eigenvalue weighted by molar-refractivity contribution is 0.175. The lowest BCUT2D eigenvalue weighted by Gasteiger charge is -2.32. The van der Waals surface area contributed by atoms with Gasteiger partial charge >= 0.3 is 0 Å². The number of benzene rings is 1. The number of H-pyrrole nitrogens is 1. The van der Waals surface area contributed by atoms with Crippen molar-refractivity contribution in [3.8, 4) is 17.3 Å². The number of imidazole rings is 1. The van der Waals surface area contributed by atoms with E-state index in [4.69, 9.17) is 0 Å². The molecule has 1 aliphatic rings. The molecule has 1 saturated heterocycles. The molecular weight excluding hydrogens is 300 g/mol. The van der Waals surface area contributed by atoms with Crippen LogP contribution in [0, 0.1) is 0 Å². The lowest BCUT2D eigenvalue weighted by Crippen LogP contribution is -2.32. The van der Waals surface area contributed by atoms with E-state index < -0.39 is 0 Å². The molecule has 4 rings (SSSR count). The molecule has 0 bridgehead atoms. The number of hydrogen-bond acceptors (Lipinski definition) is 4. The summed E-state index contributed by atoms with van der Waals surface area (Å²) in [6.07, 6.45) is 9.24. The highest BCUT2D eigenvalue weighted by molar-refractivity contribution is 5.55. The summed E-state index contributed by atoms with van der Waals surface area (Å²) in [4.78, 5) is 11.1. The van der Waals surface area contributed by atoms with Gasteiger partial charge in [-0.15, -0.1) is 5.10 Å². The van der Waals surface area contributed by atoms with Gasteiger partial charge in [0.05, 0.1) is 0 Å². The number of likely N-dealkylation sites (tertiary alicyclic amines) is 1. The highest BCUT2D eigenvalue weighted by atomic mass is 15.3. The molecule has 0 amide bonds. The minimum atomic E-state index is 0.468. The Morgan fingerprint density at radius 3 is 2.58 bits per heavy atom. The molecule has 0 saturated carbocycles. The van der Waals surface area contributed by atoms with Gasteiger partial charge in [-0.25, -0.2) is 4.98 Å². The monoisotopic (exact) mass is 322 g/mol. The van der Waals surface area contributed by atoms with Crippen molar-refractivity contribution < 1.29 is 0 Å². The summed E-state index contributed by atoms with van der Waals surface area (Å²) in [6, 6.07) is 9.11. The van der Waals surface area contributed by atoms with Crippen molar-refractivity contribution in [1.82, 2.24) is 29.6 Å². The normalized spacial score (nSPS) is 17.0. The van der Waals surface area contributed by atoms with E-state index in [2.05, 4.69) is 56.3 Å². The Morgan fingerprint density at radius 1 is 1.08 bits per heavy atom. The second kappa shape index (κ2) is 6.57. The molecule has 2 aromatic heterocycles. The van der Waals surface area contributed by atoms with E-state index in [1.165, 1.54) is 37.9 Å². The molecule has 1 N–H and O–H groups in total. The van der Waals surface area contributed by atoms with E-state index in [9.17, 15) is 0 Å². The molecule has 0 aliphatic carbocycles. The van der Waals surface area contributed by atoms with Crippen LogP contribution in [0.3, 0.4) is 0 Å². The van der Waals surface area contributed by atoms with Crippen molar-refractivity contribution in [2.75, 3.05) is 13.1 Å². The minimum Gasteiger partial charge on any atom is -0.297 e. The van der Waals surface area contributed by atoms with E-state index in [0.29, 0.717) is 12.0 Å². The fourth-order valence-electron chi connectivity index (χ4n) is 3.31. The van der Waals surface area contributed by atoms with E-state index in [-0.39, 0.29) is 0 Å². The van der Waals surface area contributed by atoms with Crippen molar-refractivity contribution in [3.63, 3.8) is 0 Å². The van der Waals surface area contributed by atoms with Gasteiger partial charge in [0.2, 0.25) is 0 Å². The number of aromatic amines is 1. The van der Waals surface area contributed by atoms with Gasteiger partial charge in [0.25, 0.3) is 5.95 Å². The first-order valence-electron chi connectivity index (χ1n) is 8.56. The molecule has 6 heteroatoms. The number of piperidine rings is 1. The molecule has 1 atom stereocenters. The zero-order valence-corrected chi connectivity index (χ0v) is 13.9. The molecule has 0 radical (unpaired) electrons. The molecular formula is C18H22N6. The van der Waals surface area contributed by atoms with Crippen LogP contribution in [0.25, 0.3) is 17.3 Å². The largest absolute Gasteiger partial charge is 0.297 e. The standard InChI is InChI=1S/C18H22N6/c1-14(23-10-3-2-4-11-23)15-5-7-16(8-6-15)17-20-18(22-21-17)24-12-9-19-13-24/h5-9,12-14H,2-4,10-11H2,1H3,(H,20,21,22). The topological polar surface area (TPSA) is 62.6 Å². The maximum absolute atomic E-state index is 4.53. The predicted molar refractivity (Wildman–Crippen MR) is 92.8 cm³/mol.